The molecule has 1 saturated heterocycles. The summed E-state index contributed by atoms with van der Waals surface area (Å²) in [6, 6.07) is 7.47. The molecule has 0 aliphatic carbocycles. The van der Waals surface area contributed by atoms with Gasteiger partial charge in [-0.15, -0.1) is 0 Å². The summed E-state index contributed by atoms with van der Waals surface area (Å²) in [5.74, 6) is 0.672. The van der Waals surface area contributed by atoms with Crippen molar-refractivity contribution in [3.05, 3.63) is 52.5 Å². The Balaban J connectivity index is 2.03. The van der Waals surface area contributed by atoms with E-state index in [1.54, 1.807) is 30.3 Å². The van der Waals surface area contributed by atoms with Gasteiger partial charge in [-0.3, -0.25) is 10.1 Å². The van der Waals surface area contributed by atoms with Crippen LogP contribution in [0.15, 0.2) is 45.9 Å². The normalized spacial score (nSPS) is 15.4. The highest BCUT2D eigenvalue weighted by Crippen LogP contribution is 2.33. The summed E-state index contributed by atoms with van der Waals surface area (Å²) in [6.07, 6.45) is 3.14. The number of sulfonamides is 1. The van der Waals surface area contributed by atoms with Gasteiger partial charge in [0.2, 0.25) is 10.0 Å². The molecule has 25 heavy (non-hydrogen) atoms. The predicted molar refractivity (Wildman–Crippen MR) is 91.9 cm³/mol. The SMILES string of the molecule is CN(Cc1ccco1)c1ccc([N+](=O)[O-])cc1S(=O)(=O)N1CCCC1. The first-order valence-corrected chi connectivity index (χ1v) is 9.36. The number of non-ortho nitro benzene ring substituents is 1. The number of nitro groups is 1. The molecule has 9 heteroatoms. The molecule has 0 spiro atoms. The van der Waals surface area contributed by atoms with Crippen molar-refractivity contribution in [2.45, 2.75) is 24.3 Å². The van der Waals surface area contributed by atoms with Crippen LogP contribution in [0.5, 0.6) is 0 Å². The van der Waals surface area contributed by atoms with Crippen LogP contribution in [0.25, 0.3) is 0 Å². The second-order valence-corrected chi connectivity index (χ2v) is 7.86. The smallest absolute Gasteiger partial charge is 0.270 e. The molecule has 2 heterocycles. The highest BCUT2D eigenvalue weighted by Gasteiger charge is 2.31. The molecule has 2 aromatic rings. The van der Waals surface area contributed by atoms with Crippen LogP contribution in [0.4, 0.5) is 11.4 Å². The monoisotopic (exact) mass is 365 g/mol. The van der Waals surface area contributed by atoms with Crippen LogP contribution in [-0.4, -0.2) is 37.8 Å². The van der Waals surface area contributed by atoms with Crippen molar-refractivity contribution >= 4 is 21.4 Å². The van der Waals surface area contributed by atoms with Crippen LogP contribution < -0.4 is 4.90 Å². The van der Waals surface area contributed by atoms with Gasteiger partial charge in [-0.2, -0.15) is 4.31 Å². The number of hydrogen-bond donors (Lipinski definition) is 0. The van der Waals surface area contributed by atoms with E-state index in [4.69, 9.17) is 4.42 Å². The zero-order valence-corrected chi connectivity index (χ0v) is 14.6. The lowest BCUT2D eigenvalue weighted by molar-refractivity contribution is -0.385. The first kappa shape index (κ1) is 17.4. The first-order valence-electron chi connectivity index (χ1n) is 7.92. The molecule has 134 valence electrons. The van der Waals surface area contributed by atoms with E-state index in [-0.39, 0.29) is 10.6 Å². The zero-order chi connectivity index (χ0) is 18.0. The molecule has 0 amide bonds. The van der Waals surface area contributed by atoms with Gasteiger partial charge in [-0.25, -0.2) is 8.42 Å². The number of furan rings is 1. The summed E-state index contributed by atoms with van der Waals surface area (Å²) in [6.45, 7) is 1.23. The highest BCUT2D eigenvalue weighted by atomic mass is 32.2. The summed E-state index contributed by atoms with van der Waals surface area (Å²) < 4.78 is 32.7. The van der Waals surface area contributed by atoms with Crippen LogP contribution in [0, 0.1) is 10.1 Å². The molecule has 1 aliphatic rings. The van der Waals surface area contributed by atoms with E-state index in [0.717, 1.165) is 18.9 Å². The average Bonchev–Trinajstić information content (AvgIpc) is 3.28. The third-order valence-electron chi connectivity index (χ3n) is 4.22. The summed E-state index contributed by atoms with van der Waals surface area (Å²) in [5, 5.41) is 11.1. The van der Waals surface area contributed by atoms with Crippen molar-refractivity contribution in [2.75, 3.05) is 25.0 Å². The van der Waals surface area contributed by atoms with E-state index < -0.39 is 14.9 Å². The minimum absolute atomic E-state index is 0.0438. The Hall–Kier alpha value is -2.39. The third kappa shape index (κ3) is 3.52. The van der Waals surface area contributed by atoms with Gasteiger partial charge < -0.3 is 9.32 Å². The molecule has 1 aromatic heterocycles. The number of anilines is 1. The van der Waals surface area contributed by atoms with Crippen LogP contribution in [-0.2, 0) is 16.6 Å². The van der Waals surface area contributed by atoms with E-state index >= 15 is 0 Å². The second-order valence-electron chi connectivity index (χ2n) is 5.96. The van der Waals surface area contributed by atoms with Gasteiger partial charge in [0.25, 0.3) is 5.69 Å². The number of nitro benzene ring substituents is 1. The molecule has 0 atom stereocenters. The minimum atomic E-state index is -3.79. The zero-order valence-electron chi connectivity index (χ0n) is 13.8. The second kappa shape index (κ2) is 6.85. The van der Waals surface area contributed by atoms with Gasteiger partial charge in [0.05, 0.1) is 23.4 Å². The van der Waals surface area contributed by atoms with Crippen molar-refractivity contribution in [3.63, 3.8) is 0 Å². The highest BCUT2D eigenvalue weighted by molar-refractivity contribution is 7.89. The number of rotatable bonds is 6. The molecule has 0 N–H and O–H groups in total. The van der Waals surface area contributed by atoms with Crippen molar-refractivity contribution in [2.24, 2.45) is 0 Å². The average molecular weight is 365 g/mol. The van der Waals surface area contributed by atoms with Crippen LogP contribution >= 0.6 is 0 Å². The summed E-state index contributed by atoms with van der Waals surface area (Å²) in [7, 11) is -2.06. The standard InChI is InChI=1S/C16H19N3O5S/c1-17(12-14-5-4-10-24-14)15-7-6-13(19(20)21)11-16(15)25(22,23)18-8-2-3-9-18/h4-7,10-11H,2-3,8-9,12H2,1H3. The summed E-state index contributed by atoms with van der Waals surface area (Å²) in [5.41, 5.74) is 0.168. The molecule has 0 radical (unpaired) electrons. The molecule has 1 fully saturated rings. The summed E-state index contributed by atoms with van der Waals surface area (Å²) in [4.78, 5) is 12.2. The lowest BCUT2D eigenvalue weighted by Crippen LogP contribution is -2.30. The Morgan fingerprint density at radius 3 is 2.60 bits per heavy atom. The molecule has 1 aliphatic heterocycles. The molecule has 1 aromatic carbocycles. The lowest BCUT2D eigenvalue weighted by Gasteiger charge is -2.24. The van der Waals surface area contributed by atoms with E-state index in [1.807, 2.05) is 0 Å². The van der Waals surface area contributed by atoms with Crippen molar-refractivity contribution in [1.82, 2.24) is 4.31 Å². The van der Waals surface area contributed by atoms with Crippen LogP contribution in [0.3, 0.4) is 0 Å². The van der Waals surface area contributed by atoms with Gasteiger partial charge in [0.1, 0.15) is 10.7 Å². The number of hydrogen-bond acceptors (Lipinski definition) is 6. The lowest BCUT2D eigenvalue weighted by atomic mass is 10.2. The minimum Gasteiger partial charge on any atom is -0.467 e. The third-order valence-corrected chi connectivity index (χ3v) is 6.15. The summed E-state index contributed by atoms with van der Waals surface area (Å²) >= 11 is 0. The Kier molecular flexibility index (Phi) is 4.78. The Bertz CT molecular complexity index is 858. The van der Waals surface area contributed by atoms with Crippen LogP contribution in [0.2, 0.25) is 0 Å². The van der Waals surface area contributed by atoms with Gasteiger partial charge in [-0.1, -0.05) is 0 Å². The largest absolute Gasteiger partial charge is 0.467 e. The molecule has 0 saturated carbocycles. The molecule has 0 bridgehead atoms. The quantitative estimate of drug-likeness (QED) is 0.577. The van der Waals surface area contributed by atoms with Crippen molar-refractivity contribution in [3.8, 4) is 0 Å². The van der Waals surface area contributed by atoms with Crippen molar-refractivity contribution < 1.29 is 17.8 Å². The fourth-order valence-corrected chi connectivity index (χ4v) is 4.70. The number of benzene rings is 1. The van der Waals surface area contributed by atoms with Crippen molar-refractivity contribution in [1.29, 1.82) is 0 Å². The molecule has 0 unspecified atom stereocenters. The topological polar surface area (TPSA) is 96.9 Å². The fraction of sp³-hybridized carbons (Fsp3) is 0.375. The van der Waals surface area contributed by atoms with Gasteiger partial charge >= 0.3 is 0 Å². The number of nitrogens with zero attached hydrogens (tertiary/aromatic N) is 3. The maximum atomic E-state index is 13.0. The van der Waals surface area contributed by atoms with E-state index in [0.29, 0.717) is 31.1 Å². The Morgan fingerprint density at radius 2 is 2.00 bits per heavy atom. The van der Waals surface area contributed by atoms with E-state index in [9.17, 15) is 18.5 Å². The molecule has 3 rings (SSSR count). The maximum absolute atomic E-state index is 13.0. The predicted octanol–water partition coefficient (Wildman–Crippen LogP) is 2.61. The molecule has 8 nitrogen and oxygen atoms in total. The molecular weight excluding hydrogens is 346 g/mol. The fourth-order valence-electron chi connectivity index (χ4n) is 2.93. The van der Waals surface area contributed by atoms with Crippen LogP contribution in [0.1, 0.15) is 18.6 Å². The van der Waals surface area contributed by atoms with Gasteiger partial charge in [0, 0.05) is 32.3 Å². The molecular formula is C16H19N3O5S. The first-order chi connectivity index (χ1) is 11.9. The van der Waals surface area contributed by atoms with Gasteiger partial charge in [-0.05, 0) is 31.0 Å². The van der Waals surface area contributed by atoms with E-state index in [1.165, 1.54) is 16.4 Å². The Labute approximate surface area is 145 Å². The Morgan fingerprint density at radius 1 is 1.28 bits per heavy atom. The van der Waals surface area contributed by atoms with E-state index in [2.05, 4.69) is 0 Å². The maximum Gasteiger partial charge on any atom is 0.270 e. The van der Waals surface area contributed by atoms with Gasteiger partial charge in [0.15, 0.2) is 0 Å².